The van der Waals surface area contributed by atoms with Crippen LogP contribution in [0, 0.1) is 5.92 Å². The van der Waals surface area contributed by atoms with Gasteiger partial charge in [-0.15, -0.1) is 0 Å². The van der Waals surface area contributed by atoms with E-state index < -0.39 is 15.9 Å². The number of rotatable bonds is 8. The van der Waals surface area contributed by atoms with E-state index in [0.29, 0.717) is 37.4 Å². The van der Waals surface area contributed by atoms with Gasteiger partial charge in [-0.3, -0.25) is 9.89 Å². The fourth-order valence-electron chi connectivity index (χ4n) is 3.93. The zero-order valence-electron chi connectivity index (χ0n) is 18.7. The predicted octanol–water partition coefficient (Wildman–Crippen LogP) is 3.35. The Bertz CT molecular complexity index is 1170. The Morgan fingerprint density at radius 1 is 1.27 bits per heavy atom. The molecule has 1 fully saturated rings. The van der Waals surface area contributed by atoms with Crippen molar-refractivity contribution in [1.82, 2.24) is 19.8 Å². The minimum absolute atomic E-state index is 0.115. The van der Waals surface area contributed by atoms with Crippen molar-refractivity contribution in [2.24, 2.45) is 5.92 Å². The molecular formula is C23H28N4O5S. The van der Waals surface area contributed by atoms with Gasteiger partial charge in [0.25, 0.3) is 10.0 Å². The van der Waals surface area contributed by atoms with Crippen LogP contribution in [0.25, 0.3) is 11.5 Å². The molecule has 176 valence electrons. The quantitative estimate of drug-likeness (QED) is 0.519. The number of sulfonamides is 1. The lowest BCUT2D eigenvalue weighted by molar-refractivity contribution is -0.126. The van der Waals surface area contributed by atoms with Gasteiger partial charge in [-0.25, -0.2) is 8.42 Å². The largest absolute Gasteiger partial charge is 0.494 e. The van der Waals surface area contributed by atoms with Crippen LogP contribution in [0.4, 0.5) is 0 Å². The number of hydrogen-bond donors (Lipinski definition) is 2. The van der Waals surface area contributed by atoms with E-state index in [1.165, 1.54) is 10.4 Å². The van der Waals surface area contributed by atoms with Crippen molar-refractivity contribution in [2.45, 2.75) is 37.8 Å². The predicted molar refractivity (Wildman–Crippen MR) is 122 cm³/mol. The van der Waals surface area contributed by atoms with Gasteiger partial charge in [-0.2, -0.15) is 9.40 Å². The fraction of sp³-hybridized carbons (Fsp3) is 0.391. The van der Waals surface area contributed by atoms with Crippen molar-refractivity contribution in [1.29, 1.82) is 0 Å². The number of hydrogen-bond acceptors (Lipinski definition) is 6. The number of benzene rings is 1. The van der Waals surface area contributed by atoms with Gasteiger partial charge in [0, 0.05) is 19.3 Å². The summed E-state index contributed by atoms with van der Waals surface area (Å²) in [5.74, 6) is 0.581. The first kappa shape index (κ1) is 23.1. The number of ether oxygens (including phenoxy) is 1. The summed E-state index contributed by atoms with van der Waals surface area (Å²) in [6.07, 6.45) is 2.79. The summed E-state index contributed by atoms with van der Waals surface area (Å²) in [7, 11) is -3.85. The second-order valence-electron chi connectivity index (χ2n) is 8.02. The Morgan fingerprint density at radius 2 is 2.06 bits per heavy atom. The van der Waals surface area contributed by atoms with Gasteiger partial charge in [-0.05, 0) is 62.6 Å². The standard InChI is InChI=1S/C23H28N4O5S/c1-3-31-19-8-6-17(7-9-19)16(2)25-23(28)18-5-4-14-27(15-18)33(29,30)22-11-10-21(32-22)20-12-13-24-26-20/h6-13,16,18H,3-5,14-15H2,1-2H3,(H,24,26)(H,25,28). The molecule has 2 unspecified atom stereocenters. The summed E-state index contributed by atoms with van der Waals surface area (Å²) in [5.41, 5.74) is 1.55. The maximum absolute atomic E-state index is 13.1. The number of aromatic nitrogens is 2. The number of amides is 1. The molecule has 10 heteroatoms. The van der Waals surface area contributed by atoms with Crippen molar-refractivity contribution in [2.75, 3.05) is 19.7 Å². The molecule has 3 heterocycles. The highest BCUT2D eigenvalue weighted by atomic mass is 32.2. The van der Waals surface area contributed by atoms with Crippen LogP contribution in [0.3, 0.4) is 0 Å². The molecule has 0 aliphatic carbocycles. The molecule has 4 rings (SSSR count). The second-order valence-corrected chi connectivity index (χ2v) is 9.89. The first-order valence-corrected chi connectivity index (χ1v) is 12.5. The summed E-state index contributed by atoms with van der Waals surface area (Å²) >= 11 is 0. The summed E-state index contributed by atoms with van der Waals surface area (Å²) in [4.78, 5) is 12.9. The van der Waals surface area contributed by atoms with Crippen LogP contribution in [-0.2, 0) is 14.8 Å². The van der Waals surface area contributed by atoms with Crippen LogP contribution >= 0.6 is 0 Å². The molecule has 2 atom stereocenters. The van der Waals surface area contributed by atoms with E-state index in [0.717, 1.165) is 11.3 Å². The number of furan rings is 1. The third kappa shape index (κ3) is 5.12. The lowest BCUT2D eigenvalue weighted by atomic mass is 9.98. The number of H-pyrrole nitrogens is 1. The van der Waals surface area contributed by atoms with Crippen LogP contribution < -0.4 is 10.1 Å². The molecule has 3 aromatic rings. The number of piperidine rings is 1. The molecule has 1 aliphatic rings. The Morgan fingerprint density at radius 3 is 2.76 bits per heavy atom. The normalized spacial score (nSPS) is 18.1. The van der Waals surface area contributed by atoms with Crippen molar-refractivity contribution in [3.05, 3.63) is 54.2 Å². The average Bonchev–Trinajstić information content (AvgIpc) is 3.52. The van der Waals surface area contributed by atoms with Gasteiger partial charge in [-0.1, -0.05) is 12.1 Å². The maximum Gasteiger partial charge on any atom is 0.276 e. The van der Waals surface area contributed by atoms with E-state index in [1.807, 2.05) is 38.1 Å². The number of aromatic amines is 1. The molecule has 2 aromatic heterocycles. The molecule has 1 amide bonds. The molecule has 1 aliphatic heterocycles. The zero-order chi connectivity index (χ0) is 23.4. The summed E-state index contributed by atoms with van der Waals surface area (Å²) in [5, 5.41) is 9.47. The van der Waals surface area contributed by atoms with E-state index >= 15 is 0 Å². The topological polar surface area (TPSA) is 118 Å². The van der Waals surface area contributed by atoms with Gasteiger partial charge >= 0.3 is 0 Å². The molecule has 1 aromatic carbocycles. The van der Waals surface area contributed by atoms with Crippen molar-refractivity contribution in [3.63, 3.8) is 0 Å². The minimum atomic E-state index is -3.85. The van der Waals surface area contributed by atoms with Gasteiger partial charge in [0.15, 0.2) is 5.76 Å². The molecular weight excluding hydrogens is 444 g/mol. The molecule has 0 spiro atoms. The summed E-state index contributed by atoms with van der Waals surface area (Å²) < 4.78 is 38.6. The molecule has 33 heavy (non-hydrogen) atoms. The van der Waals surface area contributed by atoms with E-state index in [4.69, 9.17) is 9.15 Å². The first-order chi connectivity index (χ1) is 15.9. The van der Waals surface area contributed by atoms with Crippen LogP contribution in [0.1, 0.15) is 38.3 Å². The third-order valence-electron chi connectivity index (χ3n) is 5.75. The summed E-state index contributed by atoms with van der Waals surface area (Å²) in [6, 6.07) is 12.1. The third-order valence-corrected chi connectivity index (χ3v) is 7.49. The Kier molecular flexibility index (Phi) is 6.85. The van der Waals surface area contributed by atoms with Crippen LogP contribution in [0.2, 0.25) is 0 Å². The van der Waals surface area contributed by atoms with Crippen molar-refractivity contribution >= 4 is 15.9 Å². The van der Waals surface area contributed by atoms with Crippen LogP contribution in [0.5, 0.6) is 5.75 Å². The smallest absolute Gasteiger partial charge is 0.276 e. The van der Waals surface area contributed by atoms with Crippen molar-refractivity contribution < 1.29 is 22.4 Å². The highest BCUT2D eigenvalue weighted by Crippen LogP contribution is 2.28. The average molecular weight is 473 g/mol. The highest BCUT2D eigenvalue weighted by molar-refractivity contribution is 7.89. The lowest BCUT2D eigenvalue weighted by Gasteiger charge is -2.31. The first-order valence-electron chi connectivity index (χ1n) is 11.0. The Hall–Kier alpha value is -3.11. The fourth-order valence-corrected chi connectivity index (χ4v) is 5.37. The molecule has 2 N–H and O–H groups in total. The van der Waals surface area contributed by atoms with E-state index in [-0.39, 0.29) is 23.6 Å². The van der Waals surface area contributed by atoms with Gasteiger partial charge in [0.05, 0.1) is 18.6 Å². The number of carbonyl (C=O) groups excluding carboxylic acids is 1. The van der Waals surface area contributed by atoms with E-state index in [2.05, 4.69) is 15.5 Å². The van der Waals surface area contributed by atoms with E-state index in [1.54, 1.807) is 18.3 Å². The SMILES string of the molecule is CCOc1ccc(C(C)NC(=O)C2CCCN(S(=O)(=O)c3ccc(-c4ccn[nH]4)o3)C2)cc1. The zero-order valence-corrected chi connectivity index (χ0v) is 19.5. The minimum Gasteiger partial charge on any atom is -0.494 e. The van der Waals surface area contributed by atoms with Gasteiger partial charge in [0.1, 0.15) is 11.4 Å². The van der Waals surface area contributed by atoms with Gasteiger partial charge < -0.3 is 14.5 Å². The van der Waals surface area contributed by atoms with Gasteiger partial charge in [0.2, 0.25) is 11.0 Å². The van der Waals surface area contributed by atoms with E-state index in [9.17, 15) is 13.2 Å². The van der Waals surface area contributed by atoms with Crippen molar-refractivity contribution in [3.8, 4) is 17.2 Å². The van der Waals surface area contributed by atoms with Crippen LogP contribution in [-0.4, -0.2) is 48.5 Å². The second kappa shape index (κ2) is 9.80. The molecule has 0 radical (unpaired) electrons. The maximum atomic E-state index is 13.1. The molecule has 0 bridgehead atoms. The highest BCUT2D eigenvalue weighted by Gasteiger charge is 2.35. The monoisotopic (exact) mass is 472 g/mol. The number of carbonyl (C=O) groups is 1. The molecule has 0 saturated carbocycles. The summed E-state index contributed by atoms with van der Waals surface area (Å²) in [6.45, 7) is 4.89. The number of nitrogens with one attached hydrogen (secondary N) is 2. The lowest BCUT2D eigenvalue weighted by Crippen LogP contribution is -2.45. The Balaban J connectivity index is 1.40. The van der Waals surface area contributed by atoms with Crippen LogP contribution in [0.15, 0.2) is 58.2 Å². The Labute approximate surface area is 193 Å². The molecule has 9 nitrogen and oxygen atoms in total. The number of nitrogens with zero attached hydrogens (tertiary/aromatic N) is 2. The molecule has 1 saturated heterocycles.